The number of rotatable bonds is 2. The van der Waals surface area contributed by atoms with Crippen LogP contribution in [-0.2, 0) is 4.79 Å². The maximum absolute atomic E-state index is 12.6. The van der Waals surface area contributed by atoms with Crippen molar-refractivity contribution in [3.8, 4) is 11.8 Å². The Labute approximate surface area is 152 Å². The molecule has 2 saturated carbocycles. The highest BCUT2D eigenvalue weighted by molar-refractivity contribution is 6.84. The number of Topliss-reactive ketones (excluding diaryl/α,β-unsaturated/α-hetero) is 1. The molecule has 0 amide bonds. The van der Waals surface area contributed by atoms with E-state index in [1.165, 1.54) is 11.6 Å². The molecule has 128 valence electrons. The SMILES string of the molecule is C[Si](C)(C)/C(C#Cc1ccccc1)=C/C1CC(=O)[C@@H]2[C@H]1[C@@H]1C=C[C@H]2C1. The van der Waals surface area contributed by atoms with Crippen LogP contribution in [0.5, 0.6) is 0 Å². The Kier molecular flexibility index (Phi) is 4.08. The van der Waals surface area contributed by atoms with E-state index in [4.69, 9.17) is 0 Å². The molecule has 1 unspecified atom stereocenters. The molecule has 0 N–H and O–H groups in total. The zero-order valence-corrected chi connectivity index (χ0v) is 16.3. The highest BCUT2D eigenvalue weighted by atomic mass is 28.3. The fourth-order valence-electron chi connectivity index (χ4n) is 4.93. The smallest absolute Gasteiger partial charge is 0.137 e. The summed E-state index contributed by atoms with van der Waals surface area (Å²) >= 11 is 0. The summed E-state index contributed by atoms with van der Waals surface area (Å²) in [6.45, 7) is 7.06. The van der Waals surface area contributed by atoms with Gasteiger partial charge in [0.05, 0.1) is 8.07 Å². The van der Waals surface area contributed by atoms with Crippen LogP contribution in [0.3, 0.4) is 0 Å². The van der Waals surface area contributed by atoms with E-state index in [-0.39, 0.29) is 0 Å². The Morgan fingerprint density at radius 2 is 1.84 bits per heavy atom. The fraction of sp³-hybridized carbons (Fsp3) is 0.435. The zero-order chi connectivity index (χ0) is 17.6. The van der Waals surface area contributed by atoms with Crippen LogP contribution in [0.15, 0.2) is 53.8 Å². The molecule has 0 heterocycles. The van der Waals surface area contributed by atoms with Crippen molar-refractivity contribution in [3.63, 3.8) is 0 Å². The predicted molar refractivity (Wildman–Crippen MR) is 106 cm³/mol. The van der Waals surface area contributed by atoms with Crippen molar-refractivity contribution >= 4 is 13.9 Å². The van der Waals surface area contributed by atoms with E-state index in [9.17, 15) is 4.79 Å². The summed E-state index contributed by atoms with van der Waals surface area (Å²) in [5, 5.41) is 1.31. The van der Waals surface area contributed by atoms with Crippen molar-refractivity contribution in [3.05, 3.63) is 59.3 Å². The number of ketones is 1. The van der Waals surface area contributed by atoms with Gasteiger partial charge in [-0.15, -0.1) is 0 Å². The van der Waals surface area contributed by atoms with Gasteiger partial charge in [-0.05, 0) is 47.4 Å². The van der Waals surface area contributed by atoms with Crippen molar-refractivity contribution in [2.75, 3.05) is 0 Å². The maximum Gasteiger partial charge on any atom is 0.137 e. The Morgan fingerprint density at radius 3 is 2.56 bits per heavy atom. The van der Waals surface area contributed by atoms with Gasteiger partial charge in [0.25, 0.3) is 0 Å². The maximum atomic E-state index is 12.6. The summed E-state index contributed by atoms with van der Waals surface area (Å²) < 4.78 is 0. The molecule has 2 heteroatoms. The van der Waals surface area contributed by atoms with E-state index in [0.717, 1.165) is 12.0 Å². The van der Waals surface area contributed by atoms with Crippen LogP contribution < -0.4 is 0 Å². The van der Waals surface area contributed by atoms with Gasteiger partial charge in [0, 0.05) is 17.9 Å². The Morgan fingerprint density at radius 1 is 1.12 bits per heavy atom. The van der Waals surface area contributed by atoms with E-state index in [1.54, 1.807) is 0 Å². The molecule has 0 aromatic heterocycles. The second kappa shape index (κ2) is 6.14. The van der Waals surface area contributed by atoms with Crippen LogP contribution in [0.1, 0.15) is 18.4 Å². The molecule has 0 saturated heterocycles. The number of carbonyl (C=O) groups excluding carboxylic acids is 1. The van der Waals surface area contributed by atoms with E-state index in [0.29, 0.717) is 35.4 Å². The molecule has 0 radical (unpaired) electrons. The minimum Gasteiger partial charge on any atom is -0.299 e. The van der Waals surface area contributed by atoms with Gasteiger partial charge >= 0.3 is 0 Å². The quantitative estimate of drug-likeness (QED) is 0.424. The fourth-order valence-corrected chi connectivity index (χ4v) is 6.08. The normalized spacial score (nSPS) is 33.3. The second-order valence-corrected chi connectivity index (χ2v) is 13.9. The van der Waals surface area contributed by atoms with Gasteiger partial charge in [0.2, 0.25) is 0 Å². The number of fused-ring (bicyclic) bond motifs is 5. The molecule has 1 aromatic carbocycles. The summed E-state index contributed by atoms with van der Waals surface area (Å²) in [5.41, 5.74) is 1.06. The molecule has 1 nitrogen and oxygen atoms in total. The van der Waals surface area contributed by atoms with E-state index in [1.807, 2.05) is 18.2 Å². The molecule has 0 aliphatic heterocycles. The molecular weight excluding hydrogens is 320 g/mol. The summed E-state index contributed by atoms with van der Waals surface area (Å²) in [5.74, 6) is 9.69. The van der Waals surface area contributed by atoms with E-state index >= 15 is 0 Å². The third-order valence-electron chi connectivity index (χ3n) is 6.13. The molecule has 5 atom stereocenters. The summed E-state index contributed by atoms with van der Waals surface area (Å²) in [6, 6.07) is 10.2. The minimum atomic E-state index is -1.54. The summed E-state index contributed by atoms with van der Waals surface area (Å²) in [4.78, 5) is 12.6. The third-order valence-corrected chi connectivity index (χ3v) is 8.03. The number of hydrogen-bond donors (Lipinski definition) is 0. The van der Waals surface area contributed by atoms with Gasteiger partial charge in [-0.2, -0.15) is 0 Å². The van der Waals surface area contributed by atoms with Gasteiger partial charge in [0.1, 0.15) is 5.78 Å². The molecule has 2 bridgehead atoms. The molecule has 4 rings (SSSR count). The average Bonchev–Trinajstić information content (AvgIpc) is 3.25. The van der Waals surface area contributed by atoms with Crippen LogP contribution in [-0.4, -0.2) is 13.9 Å². The van der Waals surface area contributed by atoms with Gasteiger partial charge in [-0.1, -0.05) is 67.9 Å². The number of allylic oxidation sites excluding steroid dienone is 4. The first-order valence-electron chi connectivity index (χ1n) is 9.44. The topological polar surface area (TPSA) is 17.1 Å². The van der Waals surface area contributed by atoms with Crippen molar-refractivity contribution in [1.82, 2.24) is 0 Å². The Bertz CT molecular complexity index is 800. The van der Waals surface area contributed by atoms with Crippen molar-refractivity contribution in [2.24, 2.45) is 29.6 Å². The van der Waals surface area contributed by atoms with Crippen molar-refractivity contribution in [1.29, 1.82) is 0 Å². The number of benzene rings is 1. The first-order chi connectivity index (χ1) is 11.9. The summed E-state index contributed by atoms with van der Waals surface area (Å²) in [6.07, 6.45) is 8.99. The molecule has 3 aliphatic carbocycles. The van der Waals surface area contributed by atoms with E-state index in [2.05, 4.69) is 61.8 Å². The highest BCUT2D eigenvalue weighted by Gasteiger charge is 2.54. The molecule has 3 aliphatic rings. The lowest BCUT2D eigenvalue weighted by Crippen LogP contribution is -2.26. The van der Waals surface area contributed by atoms with Gasteiger partial charge in [-0.25, -0.2) is 0 Å². The standard InChI is InChI=1S/C23H26OSi/c1-25(2,3)20(12-9-16-7-5-4-6-8-16)14-19-15-21(24)23-18-11-10-17(13-18)22(19)23/h4-8,10-11,14,17-19,22-23H,13,15H2,1-3H3/b20-14+/t17-,18+,19?,22+,23-/m1/s1. The van der Waals surface area contributed by atoms with E-state index < -0.39 is 8.07 Å². The lowest BCUT2D eigenvalue weighted by Gasteiger charge is -2.25. The van der Waals surface area contributed by atoms with Crippen LogP contribution >= 0.6 is 0 Å². The van der Waals surface area contributed by atoms with Gasteiger partial charge in [-0.3, -0.25) is 4.79 Å². The largest absolute Gasteiger partial charge is 0.299 e. The monoisotopic (exact) mass is 346 g/mol. The average molecular weight is 347 g/mol. The molecule has 2 fully saturated rings. The molecule has 0 spiro atoms. The van der Waals surface area contributed by atoms with Gasteiger partial charge in [0.15, 0.2) is 0 Å². The lowest BCUT2D eigenvalue weighted by atomic mass is 9.81. The van der Waals surface area contributed by atoms with Crippen LogP contribution in [0, 0.1) is 41.4 Å². The molecular formula is C23H26OSi. The van der Waals surface area contributed by atoms with Crippen LogP contribution in [0.25, 0.3) is 0 Å². The van der Waals surface area contributed by atoms with Crippen LogP contribution in [0.4, 0.5) is 0 Å². The van der Waals surface area contributed by atoms with Crippen LogP contribution in [0.2, 0.25) is 19.6 Å². The highest BCUT2D eigenvalue weighted by Crippen LogP contribution is 2.56. The Hall–Kier alpha value is -1.85. The summed E-state index contributed by atoms with van der Waals surface area (Å²) in [7, 11) is -1.54. The van der Waals surface area contributed by atoms with Crippen molar-refractivity contribution < 1.29 is 4.79 Å². The van der Waals surface area contributed by atoms with Gasteiger partial charge < -0.3 is 0 Å². The minimum absolute atomic E-state index is 0.293. The predicted octanol–water partition coefficient (Wildman–Crippen LogP) is 4.87. The number of hydrogen-bond acceptors (Lipinski definition) is 1. The van der Waals surface area contributed by atoms with Crippen molar-refractivity contribution in [2.45, 2.75) is 32.5 Å². The first kappa shape index (κ1) is 16.6. The molecule has 25 heavy (non-hydrogen) atoms. The lowest BCUT2D eigenvalue weighted by molar-refractivity contribution is -0.121. The zero-order valence-electron chi connectivity index (χ0n) is 15.3. The second-order valence-electron chi connectivity index (χ2n) is 8.83. The third kappa shape index (κ3) is 3.07. The number of carbonyl (C=O) groups is 1. The molecule has 1 aromatic rings. The first-order valence-corrected chi connectivity index (χ1v) is 12.9. The Balaban J connectivity index is 1.66.